The van der Waals surface area contributed by atoms with Crippen LogP contribution in [0.15, 0.2) is 133 Å². The smallest absolute Gasteiger partial charge is 0.319 e. The molecule has 2 amide bonds. The molecule has 0 saturated carbocycles. The van der Waals surface area contributed by atoms with Crippen molar-refractivity contribution < 1.29 is 24.2 Å². The summed E-state index contributed by atoms with van der Waals surface area (Å²) in [6, 6.07) is 43.1. The number of Topliss-reactive ketones (excluding diaryl/α,β-unsaturated/α-hetero) is 1. The van der Waals surface area contributed by atoms with Gasteiger partial charge >= 0.3 is 6.03 Å². The molecule has 8 heteroatoms. The van der Waals surface area contributed by atoms with Crippen LogP contribution in [0.2, 0.25) is 0 Å². The van der Waals surface area contributed by atoms with Gasteiger partial charge in [0, 0.05) is 30.8 Å². The van der Waals surface area contributed by atoms with Gasteiger partial charge in [-0.1, -0.05) is 115 Å². The number of hydrogen-bond acceptors (Lipinski definition) is 6. The molecule has 0 radical (unpaired) electrons. The van der Waals surface area contributed by atoms with E-state index in [1.54, 1.807) is 6.07 Å². The highest BCUT2D eigenvalue weighted by atomic mass is 16.7. The first-order valence-electron chi connectivity index (χ1n) is 18.1. The van der Waals surface area contributed by atoms with Gasteiger partial charge in [-0.2, -0.15) is 0 Å². The predicted molar refractivity (Wildman–Crippen MR) is 209 cm³/mol. The number of likely N-dealkylation sites (N-methyl/N-ethyl adjacent to an activating group) is 1. The first-order valence-corrected chi connectivity index (χ1v) is 18.1. The lowest BCUT2D eigenvalue weighted by molar-refractivity contribution is -0.252. The second kappa shape index (κ2) is 16.5. The van der Waals surface area contributed by atoms with Gasteiger partial charge in [0.15, 0.2) is 12.1 Å². The fourth-order valence-corrected chi connectivity index (χ4v) is 7.23. The summed E-state index contributed by atoms with van der Waals surface area (Å²) in [6.07, 6.45) is -0.0788. The quantitative estimate of drug-likeness (QED) is 0.110. The van der Waals surface area contributed by atoms with Crippen LogP contribution in [-0.2, 0) is 33.8 Å². The number of ether oxygens (including phenoxy) is 2. The third kappa shape index (κ3) is 8.81. The molecule has 8 nitrogen and oxygen atoms in total. The number of nitrogens with one attached hydrogen (secondary N) is 2. The lowest BCUT2D eigenvalue weighted by Gasteiger charge is -2.38. The summed E-state index contributed by atoms with van der Waals surface area (Å²) >= 11 is 0. The van der Waals surface area contributed by atoms with Crippen molar-refractivity contribution >= 4 is 39.0 Å². The van der Waals surface area contributed by atoms with Crippen molar-refractivity contribution in [3.63, 3.8) is 0 Å². The molecule has 1 fully saturated rings. The molecular weight excluding hydrogens is 663 g/mol. The number of ketones is 1. The third-order valence-electron chi connectivity index (χ3n) is 9.94. The summed E-state index contributed by atoms with van der Waals surface area (Å²) in [5.41, 5.74) is 5.41. The summed E-state index contributed by atoms with van der Waals surface area (Å²) in [6.45, 7) is 2.86. The van der Waals surface area contributed by atoms with Crippen LogP contribution in [0, 0.1) is 0 Å². The predicted octanol–water partition coefficient (Wildman–Crippen LogP) is 8.48. The number of carbonyl (C=O) groups excluding carboxylic acids is 2. The molecule has 4 unspecified atom stereocenters. The number of fused-ring (bicyclic) bond motifs is 2. The fraction of sp³-hybridized carbons (Fsp3) is 0.244. The number of aliphatic hydroxyl groups is 1. The number of anilines is 1. The summed E-state index contributed by atoms with van der Waals surface area (Å²) in [5.74, 6) is -0.121. The van der Waals surface area contributed by atoms with Gasteiger partial charge in [-0.05, 0) is 82.4 Å². The molecule has 1 heterocycles. The minimum atomic E-state index is -0.698. The standard InChI is InChI=1S/C45H45N3O5/c1-30(50)42(23-31-11-4-3-5-12-31)47-45(51)46-37-16-10-15-36(25-37)44-52-38(26-43(53-44)33-21-19-32(29-49)20-22-33)27-48(2)28-41-39-17-8-6-13-34(39)24-35-14-7-9-18-40(35)41/h3-22,24-25,38,42-44,49H,23,26-29H2,1-2H3,(H2,46,47,51). The number of urea groups is 1. The van der Waals surface area contributed by atoms with Crippen molar-refractivity contribution in [2.45, 2.75) is 57.5 Å². The number of benzene rings is 6. The number of amides is 2. The van der Waals surface area contributed by atoms with E-state index in [0.29, 0.717) is 25.1 Å². The van der Waals surface area contributed by atoms with Crippen LogP contribution >= 0.6 is 0 Å². The van der Waals surface area contributed by atoms with Crippen molar-refractivity contribution in [3.05, 3.63) is 161 Å². The number of rotatable bonds is 12. The van der Waals surface area contributed by atoms with E-state index in [0.717, 1.165) is 28.8 Å². The largest absolute Gasteiger partial charge is 0.392 e. The van der Waals surface area contributed by atoms with E-state index >= 15 is 0 Å². The highest BCUT2D eigenvalue weighted by Gasteiger charge is 2.33. The Morgan fingerprint density at radius 2 is 1.45 bits per heavy atom. The van der Waals surface area contributed by atoms with Crippen LogP contribution in [-0.4, -0.2) is 47.6 Å². The molecule has 6 aromatic rings. The second-order valence-corrected chi connectivity index (χ2v) is 13.9. The Hall–Kier alpha value is -5.38. The maximum atomic E-state index is 13.1. The molecule has 0 bridgehead atoms. The molecular formula is C45H45N3O5. The molecule has 0 aromatic heterocycles. The molecule has 0 aliphatic carbocycles. The van der Waals surface area contributed by atoms with Crippen LogP contribution in [0.3, 0.4) is 0 Å². The Morgan fingerprint density at radius 3 is 2.13 bits per heavy atom. The van der Waals surface area contributed by atoms with E-state index in [1.165, 1.54) is 34.0 Å². The number of carbonyl (C=O) groups is 2. The van der Waals surface area contributed by atoms with E-state index in [4.69, 9.17) is 9.47 Å². The average molecular weight is 708 g/mol. The van der Waals surface area contributed by atoms with Gasteiger partial charge in [0.05, 0.1) is 24.9 Å². The molecule has 270 valence electrons. The molecule has 53 heavy (non-hydrogen) atoms. The molecule has 1 aliphatic rings. The Labute approximate surface area is 310 Å². The maximum Gasteiger partial charge on any atom is 0.319 e. The Bertz CT molecular complexity index is 2130. The molecule has 1 saturated heterocycles. The summed E-state index contributed by atoms with van der Waals surface area (Å²) in [5, 5.41) is 20.3. The Kier molecular flexibility index (Phi) is 11.2. The number of aliphatic hydroxyl groups excluding tert-OH is 1. The van der Waals surface area contributed by atoms with E-state index in [2.05, 4.69) is 77.2 Å². The lowest BCUT2D eigenvalue weighted by Crippen LogP contribution is -2.43. The summed E-state index contributed by atoms with van der Waals surface area (Å²) in [4.78, 5) is 27.9. The number of nitrogens with zero attached hydrogens (tertiary/aromatic N) is 1. The minimum Gasteiger partial charge on any atom is -0.392 e. The van der Waals surface area contributed by atoms with Gasteiger partial charge in [0.1, 0.15) is 0 Å². The van der Waals surface area contributed by atoms with Crippen molar-refractivity contribution in [2.75, 3.05) is 18.9 Å². The van der Waals surface area contributed by atoms with Crippen LogP contribution in [0.5, 0.6) is 0 Å². The number of hydrogen-bond donors (Lipinski definition) is 3. The van der Waals surface area contributed by atoms with E-state index in [1.807, 2.05) is 72.8 Å². The van der Waals surface area contributed by atoms with Crippen LogP contribution < -0.4 is 10.6 Å². The Balaban J connectivity index is 1.10. The van der Waals surface area contributed by atoms with E-state index < -0.39 is 18.4 Å². The van der Waals surface area contributed by atoms with Gasteiger partial charge in [-0.3, -0.25) is 9.69 Å². The monoisotopic (exact) mass is 707 g/mol. The molecule has 0 spiro atoms. The maximum absolute atomic E-state index is 13.1. The topological polar surface area (TPSA) is 100 Å². The lowest BCUT2D eigenvalue weighted by atomic mass is 9.96. The first kappa shape index (κ1) is 36.0. The molecule has 4 atom stereocenters. The molecule has 1 aliphatic heterocycles. The van der Waals surface area contributed by atoms with Crippen LogP contribution in [0.25, 0.3) is 21.5 Å². The highest BCUT2D eigenvalue weighted by molar-refractivity contribution is 6.02. The van der Waals surface area contributed by atoms with Crippen molar-refractivity contribution in [3.8, 4) is 0 Å². The van der Waals surface area contributed by atoms with Crippen LogP contribution in [0.4, 0.5) is 10.5 Å². The second-order valence-electron chi connectivity index (χ2n) is 13.9. The first-order chi connectivity index (χ1) is 25.8. The van der Waals surface area contributed by atoms with Gasteiger partial charge in [-0.15, -0.1) is 0 Å². The third-order valence-corrected chi connectivity index (χ3v) is 9.94. The van der Waals surface area contributed by atoms with Crippen molar-refractivity contribution in [2.24, 2.45) is 0 Å². The van der Waals surface area contributed by atoms with Crippen molar-refractivity contribution in [1.29, 1.82) is 0 Å². The molecule has 7 rings (SSSR count). The fourth-order valence-electron chi connectivity index (χ4n) is 7.23. The average Bonchev–Trinajstić information content (AvgIpc) is 3.18. The van der Waals surface area contributed by atoms with Gasteiger partial charge in [-0.25, -0.2) is 4.79 Å². The minimum absolute atomic E-state index is 0.0272. The van der Waals surface area contributed by atoms with E-state index in [-0.39, 0.29) is 24.6 Å². The molecule has 6 aromatic carbocycles. The molecule has 3 N–H and O–H groups in total. The van der Waals surface area contributed by atoms with Gasteiger partial charge < -0.3 is 25.2 Å². The van der Waals surface area contributed by atoms with Gasteiger partial charge in [0.25, 0.3) is 0 Å². The van der Waals surface area contributed by atoms with Crippen molar-refractivity contribution in [1.82, 2.24) is 10.2 Å². The zero-order chi connectivity index (χ0) is 36.7. The summed E-state index contributed by atoms with van der Waals surface area (Å²) < 4.78 is 13.3. The zero-order valence-corrected chi connectivity index (χ0v) is 30.1. The van der Waals surface area contributed by atoms with Gasteiger partial charge in [0.2, 0.25) is 0 Å². The highest BCUT2D eigenvalue weighted by Crippen LogP contribution is 2.39. The van der Waals surface area contributed by atoms with Crippen LogP contribution in [0.1, 0.15) is 53.6 Å². The van der Waals surface area contributed by atoms with E-state index in [9.17, 15) is 14.7 Å². The zero-order valence-electron chi connectivity index (χ0n) is 30.1. The summed E-state index contributed by atoms with van der Waals surface area (Å²) in [7, 11) is 2.13. The normalized spacial score (nSPS) is 17.8. The SMILES string of the molecule is CC(=O)C(Cc1ccccc1)NC(=O)Nc1cccc(C2OC(CN(C)Cc3c4ccccc4cc4ccccc34)CC(c3ccc(CO)cc3)O2)c1. The Morgan fingerprint density at radius 1 is 0.774 bits per heavy atom.